The van der Waals surface area contributed by atoms with Gasteiger partial charge in [-0.05, 0) is 18.2 Å². The molecule has 3 heterocycles. The Morgan fingerprint density at radius 2 is 2.17 bits per heavy atom. The van der Waals surface area contributed by atoms with E-state index in [1.807, 2.05) is 18.2 Å². The maximum atomic E-state index is 12.9. The maximum absolute atomic E-state index is 12.9. The molecule has 0 radical (unpaired) electrons. The molecule has 0 saturated carbocycles. The van der Waals surface area contributed by atoms with Crippen molar-refractivity contribution in [2.45, 2.75) is 0 Å². The van der Waals surface area contributed by atoms with Crippen LogP contribution in [-0.2, 0) is 4.84 Å². The minimum atomic E-state index is -0.268. The van der Waals surface area contributed by atoms with Crippen LogP contribution in [0.3, 0.4) is 0 Å². The molecule has 7 nitrogen and oxygen atoms in total. The highest BCUT2D eigenvalue weighted by Crippen LogP contribution is 2.33. The Bertz CT molecular complexity index is 945. The van der Waals surface area contributed by atoms with Crippen LogP contribution in [0.4, 0.5) is 0 Å². The van der Waals surface area contributed by atoms with Gasteiger partial charge in [0.25, 0.3) is 0 Å². The number of hydrogen-bond donors (Lipinski definition) is 1. The van der Waals surface area contributed by atoms with E-state index in [-0.39, 0.29) is 24.7 Å². The summed E-state index contributed by atoms with van der Waals surface area (Å²) in [5.74, 6) is -0.268. The van der Waals surface area contributed by atoms with E-state index in [9.17, 15) is 4.79 Å². The van der Waals surface area contributed by atoms with Crippen molar-refractivity contribution in [3.8, 4) is 11.3 Å². The zero-order chi connectivity index (χ0) is 15.8. The Kier molecular flexibility index (Phi) is 3.13. The van der Waals surface area contributed by atoms with Crippen LogP contribution in [0.15, 0.2) is 48.0 Å². The SMILES string of the molecule is O=C1/C(=N/OCCO)c2ccncc2-c2nc3ccccn3c21. The Labute approximate surface area is 130 Å². The number of carbonyl (C=O) groups excluding carboxylic acids is 1. The number of fused-ring (bicyclic) bond motifs is 5. The number of carbonyl (C=O) groups is 1. The lowest BCUT2D eigenvalue weighted by Gasteiger charge is -2.15. The second-order valence-corrected chi connectivity index (χ2v) is 4.98. The van der Waals surface area contributed by atoms with Crippen molar-refractivity contribution in [1.82, 2.24) is 14.4 Å². The molecule has 3 aromatic heterocycles. The van der Waals surface area contributed by atoms with Crippen molar-refractivity contribution in [3.63, 3.8) is 0 Å². The average Bonchev–Trinajstić information content (AvgIpc) is 2.98. The number of nitrogens with zero attached hydrogens (tertiary/aromatic N) is 4. The van der Waals surface area contributed by atoms with Gasteiger partial charge in [0.2, 0.25) is 5.78 Å². The van der Waals surface area contributed by atoms with E-state index < -0.39 is 0 Å². The average molecular weight is 308 g/mol. The highest BCUT2D eigenvalue weighted by molar-refractivity contribution is 6.54. The van der Waals surface area contributed by atoms with Crippen LogP contribution >= 0.6 is 0 Å². The normalized spacial score (nSPS) is 14.8. The standard InChI is InChI=1S/C16H12N4O3/c21-7-8-23-19-14-10-4-5-17-9-11(10)13-15(16(14)22)20-6-2-1-3-12(20)18-13/h1-6,9,21H,7-8H2/b19-14+. The summed E-state index contributed by atoms with van der Waals surface area (Å²) in [7, 11) is 0. The van der Waals surface area contributed by atoms with E-state index in [0.717, 1.165) is 5.56 Å². The molecule has 114 valence electrons. The Balaban J connectivity index is 1.99. The zero-order valence-electron chi connectivity index (χ0n) is 12.0. The van der Waals surface area contributed by atoms with Crippen LogP contribution in [0.1, 0.15) is 16.1 Å². The molecule has 23 heavy (non-hydrogen) atoms. The quantitative estimate of drug-likeness (QED) is 0.582. The molecule has 0 aromatic carbocycles. The van der Waals surface area contributed by atoms with Crippen LogP contribution in [0.5, 0.6) is 0 Å². The van der Waals surface area contributed by atoms with Crippen LogP contribution in [0, 0.1) is 0 Å². The molecule has 1 aliphatic carbocycles. The molecule has 1 N–H and O–H groups in total. The molecule has 0 amide bonds. The first-order valence-electron chi connectivity index (χ1n) is 7.08. The third-order valence-electron chi connectivity index (χ3n) is 3.63. The lowest BCUT2D eigenvalue weighted by Crippen LogP contribution is -2.24. The van der Waals surface area contributed by atoms with Gasteiger partial charge in [0.05, 0.1) is 6.61 Å². The predicted octanol–water partition coefficient (Wildman–Crippen LogP) is 1.31. The number of pyridine rings is 2. The number of oxime groups is 1. The number of aliphatic hydroxyl groups excluding tert-OH is 1. The molecule has 3 aromatic rings. The molecule has 1 aliphatic rings. The fourth-order valence-corrected chi connectivity index (χ4v) is 2.67. The van der Waals surface area contributed by atoms with Gasteiger partial charge in [-0.15, -0.1) is 0 Å². The van der Waals surface area contributed by atoms with Gasteiger partial charge in [-0.3, -0.25) is 14.2 Å². The fraction of sp³-hybridized carbons (Fsp3) is 0.125. The van der Waals surface area contributed by atoms with Gasteiger partial charge in [0.1, 0.15) is 23.6 Å². The molecule has 4 rings (SSSR count). The third kappa shape index (κ3) is 2.01. The first-order chi connectivity index (χ1) is 11.3. The minimum Gasteiger partial charge on any atom is -0.393 e. The van der Waals surface area contributed by atoms with Crippen LogP contribution in [0.2, 0.25) is 0 Å². The third-order valence-corrected chi connectivity index (χ3v) is 3.63. The molecule has 7 heteroatoms. The Morgan fingerprint density at radius 3 is 3.04 bits per heavy atom. The van der Waals surface area contributed by atoms with E-state index >= 15 is 0 Å². The Morgan fingerprint density at radius 1 is 1.26 bits per heavy atom. The smallest absolute Gasteiger partial charge is 0.234 e. The van der Waals surface area contributed by atoms with Crippen molar-refractivity contribution in [2.24, 2.45) is 5.16 Å². The second-order valence-electron chi connectivity index (χ2n) is 4.98. The summed E-state index contributed by atoms with van der Waals surface area (Å²) in [6.45, 7) is -0.147. The molecular weight excluding hydrogens is 296 g/mol. The molecule has 0 aliphatic heterocycles. The number of imidazole rings is 1. The number of rotatable bonds is 3. The fourth-order valence-electron chi connectivity index (χ4n) is 2.67. The number of hydrogen-bond acceptors (Lipinski definition) is 6. The van der Waals surface area contributed by atoms with Crippen molar-refractivity contribution >= 4 is 17.1 Å². The second kappa shape index (κ2) is 5.29. The van der Waals surface area contributed by atoms with Crippen molar-refractivity contribution in [3.05, 3.63) is 54.1 Å². The summed E-state index contributed by atoms with van der Waals surface area (Å²) in [6.07, 6.45) is 5.04. The van der Waals surface area contributed by atoms with E-state index in [1.165, 1.54) is 0 Å². The van der Waals surface area contributed by atoms with Crippen LogP contribution < -0.4 is 0 Å². The first-order valence-corrected chi connectivity index (χ1v) is 7.08. The van der Waals surface area contributed by atoms with Gasteiger partial charge in [0, 0.05) is 29.7 Å². The highest BCUT2D eigenvalue weighted by atomic mass is 16.6. The lowest BCUT2D eigenvalue weighted by atomic mass is 9.91. The van der Waals surface area contributed by atoms with E-state index in [1.54, 1.807) is 29.1 Å². The lowest BCUT2D eigenvalue weighted by molar-refractivity contribution is 0.0938. The highest BCUT2D eigenvalue weighted by Gasteiger charge is 2.33. The number of ketones is 1. The van der Waals surface area contributed by atoms with E-state index in [2.05, 4.69) is 15.1 Å². The number of Topliss-reactive ketones (excluding diaryl/α,β-unsaturated/α-hetero) is 1. The predicted molar refractivity (Wildman–Crippen MR) is 82.3 cm³/mol. The van der Waals surface area contributed by atoms with Gasteiger partial charge >= 0.3 is 0 Å². The molecule has 0 fully saturated rings. The number of aromatic nitrogens is 3. The van der Waals surface area contributed by atoms with Gasteiger partial charge in [-0.25, -0.2) is 4.98 Å². The summed E-state index contributed by atoms with van der Waals surface area (Å²) in [5, 5.41) is 12.7. The summed E-state index contributed by atoms with van der Waals surface area (Å²) >= 11 is 0. The molecule has 0 spiro atoms. The largest absolute Gasteiger partial charge is 0.393 e. The van der Waals surface area contributed by atoms with Crippen molar-refractivity contribution < 1.29 is 14.7 Å². The van der Waals surface area contributed by atoms with Crippen LogP contribution in [-0.4, -0.2) is 44.2 Å². The summed E-state index contributed by atoms with van der Waals surface area (Å²) in [4.78, 5) is 26.6. The van der Waals surface area contributed by atoms with Gasteiger partial charge < -0.3 is 9.94 Å². The van der Waals surface area contributed by atoms with E-state index in [4.69, 9.17) is 9.94 Å². The topological polar surface area (TPSA) is 89.1 Å². The van der Waals surface area contributed by atoms with Crippen LogP contribution in [0.25, 0.3) is 16.9 Å². The van der Waals surface area contributed by atoms with Gasteiger partial charge in [-0.1, -0.05) is 11.2 Å². The van der Waals surface area contributed by atoms with Crippen molar-refractivity contribution in [2.75, 3.05) is 13.2 Å². The molecule has 0 unspecified atom stereocenters. The van der Waals surface area contributed by atoms with Crippen molar-refractivity contribution in [1.29, 1.82) is 0 Å². The van der Waals surface area contributed by atoms with E-state index in [0.29, 0.717) is 22.6 Å². The monoisotopic (exact) mass is 308 g/mol. The maximum Gasteiger partial charge on any atom is 0.234 e. The van der Waals surface area contributed by atoms with Gasteiger partial charge in [-0.2, -0.15) is 0 Å². The van der Waals surface area contributed by atoms with Gasteiger partial charge in [0.15, 0.2) is 5.71 Å². The summed E-state index contributed by atoms with van der Waals surface area (Å²) in [6, 6.07) is 7.24. The first kappa shape index (κ1) is 13.6. The Hall–Kier alpha value is -3.06. The molecular formula is C16H12N4O3. The zero-order valence-corrected chi connectivity index (χ0v) is 12.0. The minimum absolute atomic E-state index is 0.0250. The molecule has 0 bridgehead atoms. The molecule has 0 atom stereocenters. The summed E-state index contributed by atoms with van der Waals surface area (Å²) in [5.41, 5.74) is 3.25. The summed E-state index contributed by atoms with van der Waals surface area (Å²) < 4.78 is 1.73. The molecule has 0 saturated heterocycles. The number of aliphatic hydroxyl groups is 1.